The minimum Gasteiger partial charge on any atom is -0.503 e. The molecule has 0 fully saturated rings. The summed E-state index contributed by atoms with van der Waals surface area (Å²) >= 11 is 0. The van der Waals surface area contributed by atoms with E-state index in [2.05, 4.69) is 11.9 Å². The average molecular weight is 215 g/mol. The van der Waals surface area contributed by atoms with Crippen LogP contribution in [0.2, 0.25) is 0 Å². The number of aliphatic hydroxyl groups excluding tert-OH is 2. The van der Waals surface area contributed by atoms with E-state index in [4.69, 9.17) is 0 Å². The second-order valence-electron chi connectivity index (χ2n) is 3.55. The van der Waals surface area contributed by atoms with E-state index < -0.39 is 0 Å². The number of aliphatic hydroxyl groups is 2. The average Bonchev–Trinajstić information content (AvgIpc) is 2.43. The van der Waals surface area contributed by atoms with E-state index in [9.17, 15) is 10.2 Å². The predicted molar refractivity (Wildman–Crippen MR) is 64.5 cm³/mol. The molecule has 0 saturated heterocycles. The van der Waals surface area contributed by atoms with E-state index in [1.165, 1.54) is 0 Å². The van der Waals surface area contributed by atoms with Gasteiger partial charge in [0.05, 0.1) is 0 Å². The molecule has 3 nitrogen and oxygen atoms in total. The van der Waals surface area contributed by atoms with Crippen molar-refractivity contribution in [3.8, 4) is 0 Å². The van der Waals surface area contributed by atoms with Crippen molar-refractivity contribution in [3.05, 3.63) is 60.1 Å². The van der Waals surface area contributed by atoms with Gasteiger partial charge in [-0.05, 0) is 17.6 Å². The molecule has 1 aliphatic heterocycles. The van der Waals surface area contributed by atoms with Gasteiger partial charge in [0.25, 0.3) is 0 Å². The summed E-state index contributed by atoms with van der Waals surface area (Å²) in [7, 11) is 0. The van der Waals surface area contributed by atoms with E-state index >= 15 is 0 Å². The first kappa shape index (κ1) is 10.4. The minimum atomic E-state index is -0.230. The Morgan fingerprint density at radius 2 is 1.88 bits per heavy atom. The van der Waals surface area contributed by atoms with Crippen molar-refractivity contribution in [2.75, 3.05) is 0 Å². The molecule has 3 N–H and O–H groups in total. The highest BCUT2D eigenvalue weighted by atomic mass is 16.3. The molecule has 1 aromatic carbocycles. The van der Waals surface area contributed by atoms with Gasteiger partial charge < -0.3 is 15.5 Å². The summed E-state index contributed by atoms with van der Waals surface area (Å²) in [5.74, 6) is -0.363. The fraction of sp³-hybridized carbons (Fsp3) is 0.0769. The highest BCUT2D eigenvalue weighted by Gasteiger charge is 2.16. The maximum atomic E-state index is 9.80. The molecule has 2 rings (SSSR count). The first-order valence-electron chi connectivity index (χ1n) is 5.02. The lowest BCUT2D eigenvalue weighted by Gasteiger charge is -2.08. The molecule has 0 bridgehead atoms. The monoisotopic (exact) mass is 215 g/mol. The number of nitrogens with one attached hydrogen (secondary N) is 1. The van der Waals surface area contributed by atoms with Gasteiger partial charge in [-0.1, -0.05) is 30.3 Å². The molecular formula is C13H13NO2. The van der Waals surface area contributed by atoms with E-state index in [1.54, 1.807) is 18.3 Å². The van der Waals surface area contributed by atoms with Crippen molar-refractivity contribution in [1.29, 1.82) is 0 Å². The molecule has 0 spiro atoms. The Bertz CT molecular complexity index is 486. The maximum Gasteiger partial charge on any atom is 0.232 e. The van der Waals surface area contributed by atoms with Crippen molar-refractivity contribution in [2.45, 2.75) is 6.42 Å². The third-order valence-corrected chi connectivity index (χ3v) is 2.50. The second kappa shape index (κ2) is 4.14. The molecule has 0 aromatic heterocycles. The van der Waals surface area contributed by atoms with Crippen molar-refractivity contribution in [2.24, 2.45) is 0 Å². The number of benzene rings is 1. The van der Waals surface area contributed by atoms with Crippen molar-refractivity contribution >= 4 is 11.3 Å². The van der Waals surface area contributed by atoms with E-state index in [-0.39, 0.29) is 11.6 Å². The summed E-state index contributed by atoms with van der Waals surface area (Å²) in [6.45, 7) is 3.69. The van der Waals surface area contributed by atoms with E-state index in [0.29, 0.717) is 12.0 Å². The summed E-state index contributed by atoms with van der Waals surface area (Å²) in [6.07, 6.45) is 4.13. The van der Waals surface area contributed by atoms with Gasteiger partial charge in [0.2, 0.25) is 5.88 Å². The molecule has 1 aromatic rings. The van der Waals surface area contributed by atoms with Crippen LogP contribution in [0.5, 0.6) is 0 Å². The lowest BCUT2D eigenvalue weighted by Crippen LogP contribution is -2.05. The number of allylic oxidation sites excluding steroid dienone is 2. The summed E-state index contributed by atoms with van der Waals surface area (Å²) in [5.41, 5.74) is 2.50. The van der Waals surface area contributed by atoms with Crippen LogP contribution in [0, 0.1) is 0 Å². The smallest absolute Gasteiger partial charge is 0.232 e. The Hall–Kier alpha value is -2.16. The SMILES string of the molecule is C=CCC1=CNC(O)=C(O)c2ccccc21. The lowest BCUT2D eigenvalue weighted by molar-refractivity contribution is 0.356. The molecular weight excluding hydrogens is 202 g/mol. The van der Waals surface area contributed by atoms with Gasteiger partial charge in [0.15, 0.2) is 5.76 Å². The molecule has 0 unspecified atom stereocenters. The second-order valence-corrected chi connectivity index (χ2v) is 3.55. The molecule has 0 aliphatic carbocycles. The molecule has 0 atom stereocenters. The molecule has 1 heterocycles. The van der Waals surface area contributed by atoms with Gasteiger partial charge in [-0.3, -0.25) is 0 Å². The fourth-order valence-corrected chi connectivity index (χ4v) is 1.72. The molecule has 1 aliphatic rings. The van der Waals surface area contributed by atoms with Crippen molar-refractivity contribution in [3.63, 3.8) is 0 Å². The zero-order valence-corrected chi connectivity index (χ0v) is 8.77. The zero-order valence-electron chi connectivity index (χ0n) is 8.77. The van der Waals surface area contributed by atoms with Crippen LogP contribution in [0.4, 0.5) is 0 Å². The van der Waals surface area contributed by atoms with Gasteiger partial charge in [-0.25, -0.2) is 0 Å². The summed E-state index contributed by atoms with van der Waals surface area (Å²) in [5, 5.41) is 22.0. The Kier molecular flexibility index (Phi) is 2.68. The summed E-state index contributed by atoms with van der Waals surface area (Å²) in [6, 6.07) is 7.39. The third-order valence-electron chi connectivity index (χ3n) is 2.50. The maximum absolute atomic E-state index is 9.80. The largest absolute Gasteiger partial charge is 0.503 e. The first-order chi connectivity index (χ1) is 7.74. The zero-order chi connectivity index (χ0) is 11.5. The van der Waals surface area contributed by atoms with E-state index in [0.717, 1.165) is 11.1 Å². The molecule has 16 heavy (non-hydrogen) atoms. The molecule has 0 amide bonds. The van der Waals surface area contributed by atoms with Crippen LogP contribution in [0.1, 0.15) is 17.5 Å². The van der Waals surface area contributed by atoms with Gasteiger partial charge >= 0.3 is 0 Å². The Morgan fingerprint density at radius 3 is 2.56 bits per heavy atom. The number of hydrogen-bond acceptors (Lipinski definition) is 3. The summed E-state index contributed by atoms with van der Waals surface area (Å²) in [4.78, 5) is 0. The first-order valence-corrected chi connectivity index (χ1v) is 5.02. The minimum absolute atomic E-state index is 0.133. The Balaban J connectivity index is 2.60. The lowest BCUT2D eigenvalue weighted by atomic mass is 9.98. The molecule has 3 heteroatoms. The summed E-state index contributed by atoms with van der Waals surface area (Å²) < 4.78 is 0. The van der Waals surface area contributed by atoms with Crippen LogP contribution < -0.4 is 5.32 Å². The Morgan fingerprint density at radius 1 is 1.19 bits per heavy atom. The number of fused-ring (bicyclic) bond motifs is 1. The highest BCUT2D eigenvalue weighted by molar-refractivity contribution is 5.79. The van der Waals surface area contributed by atoms with Crippen LogP contribution in [0.3, 0.4) is 0 Å². The van der Waals surface area contributed by atoms with Gasteiger partial charge in [0, 0.05) is 11.8 Å². The molecule has 0 saturated carbocycles. The van der Waals surface area contributed by atoms with Crippen LogP contribution in [0.15, 0.2) is 49.0 Å². The predicted octanol–water partition coefficient (Wildman–Crippen LogP) is 2.95. The third kappa shape index (κ3) is 1.67. The van der Waals surface area contributed by atoms with Crippen molar-refractivity contribution in [1.82, 2.24) is 5.32 Å². The normalized spacial score (nSPS) is 14.6. The van der Waals surface area contributed by atoms with Crippen LogP contribution in [-0.2, 0) is 0 Å². The van der Waals surface area contributed by atoms with Crippen LogP contribution in [0.25, 0.3) is 11.3 Å². The number of hydrogen-bond donors (Lipinski definition) is 3. The van der Waals surface area contributed by atoms with Gasteiger partial charge in [-0.2, -0.15) is 0 Å². The van der Waals surface area contributed by atoms with Gasteiger partial charge in [0.1, 0.15) is 0 Å². The fourth-order valence-electron chi connectivity index (χ4n) is 1.72. The highest BCUT2D eigenvalue weighted by Crippen LogP contribution is 2.29. The van der Waals surface area contributed by atoms with Crippen molar-refractivity contribution < 1.29 is 10.2 Å². The molecule has 0 radical (unpaired) electrons. The number of rotatable bonds is 2. The standard InChI is InChI=1S/C13H13NO2/c1-2-5-9-8-14-13(16)12(15)11-7-4-3-6-10(9)11/h2-4,6-8,14-16H,1,5H2. The Labute approximate surface area is 94.0 Å². The van der Waals surface area contributed by atoms with Gasteiger partial charge in [-0.15, -0.1) is 6.58 Å². The molecule has 82 valence electrons. The topological polar surface area (TPSA) is 52.5 Å². The quantitative estimate of drug-likeness (QED) is 0.665. The van der Waals surface area contributed by atoms with E-state index in [1.807, 2.05) is 18.2 Å². The van der Waals surface area contributed by atoms with Crippen LogP contribution in [-0.4, -0.2) is 10.2 Å². The van der Waals surface area contributed by atoms with Crippen LogP contribution >= 0.6 is 0 Å².